The lowest BCUT2D eigenvalue weighted by Gasteiger charge is -2.18. The Kier molecular flexibility index (Phi) is 2.38. The van der Waals surface area contributed by atoms with Crippen molar-refractivity contribution in [2.45, 2.75) is 12.0 Å². The summed E-state index contributed by atoms with van der Waals surface area (Å²) in [5.74, 6) is 2.05. The second-order valence-corrected chi connectivity index (χ2v) is 4.67. The van der Waals surface area contributed by atoms with E-state index in [4.69, 9.17) is 10.5 Å². The first-order valence-corrected chi connectivity index (χ1v) is 5.67. The normalized spacial score (nSPS) is 33.0. The van der Waals surface area contributed by atoms with Gasteiger partial charge in [0.25, 0.3) is 0 Å². The first-order chi connectivity index (χ1) is 6.26. The Balaban J connectivity index is 2.01. The van der Waals surface area contributed by atoms with E-state index in [0.29, 0.717) is 13.1 Å². The van der Waals surface area contributed by atoms with Gasteiger partial charge in [-0.05, 0) is 12.2 Å². The van der Waals surface area contributed by atoms with Crippen molar-refractivity contribution >= 4 is 17.9 Å². The van der Waals surface area contributed by atoms with Crippen LogP contribution in [0.5, 0.6) is 0 Å². The van der Waals surface area contributed by atoms with E-state index in [1.54, 1.807) is 4.90 Å². The average Bonchev–Trinajstić information content (AvgIpc) is 2.63. The molecule has 0 bridgehead atoms. The van der Waals surface area contributed by atoms with E-state index in [2.05, 4.69) is 0 Å². The van der Waals surface area contributed by atoms with Crippen LogP contribution < -0.4 is 5.73 Å². The second-order valence-electron chi connectivity index (χ2n) is 3.56. The molecule has 74 valence electrons. The number of carbonyl (C=O) groups is 1. The lowest BCUT2D eigenvalue weighted by molar-refractivity contribution is 0.0775. The summed E-state index contributed by atoms with van der Waals surface area (Å²) in [6.45, 7) is 1.86. The van der Waals surface area contributed by atoms with Crippen LogP contribution in [0.2, 0.25) is 0 Å². The highest BCUT2D eigenvalue weighted by molar-refractivity contribution is 7.99. The van der Waals surface area contributed by atoms with Gasteiger partial charge in [-0.3, -0.25) is 0 Å². The molecule has 2 fully saturated rings. The van der Waals surface area contributed by atoms with E-state index in [9.17, 15) is 4.79 Å². The molecule has 2 N–H and O–H groups in total. The minimum absolute atomic E-state index is 0.184. The van der Waals surface area contributed by atoms with Gasteiger partial charge in [0.2, 0.25) is 0 Å². The maximum Gasteiger partial charge on any atom is 0.410 e. The van der Waals surface area contributed by atoms with Gasteiger partial charge in [0.1, 0.15) is 5.60 Å². The van der Waals surface area contributed by atoms with Crippen LogP contribution in [0.25, 0.3) is 0 Å². The Morgan fingerprint density at radius 1 is 1.69 bits per heavy atom. The van der Waals surface area contributed by atoms with E-state index >= 15 is 0 Å². The van der Waals surface area contributed by atoms with Gasteiger partial charge >= 0.3 is 6.09 Å². The van der Waals surface area contributed by atoms with Crippen LogP contribution in [0.1, 0.15) is 6.42 Å². The molecule has 0 radical (unpaired) electrons. The smallest absolute Gasteiger partial charge is 0.410 e. The topological polar surface area (TPSA) is 55.6 Å². The molecule has 2 aliphatic rings. The third-order valence-corrected chi connectivity index (χ3v) is 3.73. The lowest BCUT2D eigenvalue weighted by atomic mass is 10.0. The summed E-state index contributed by atoms with van der Waals surface area (Å²) in [7, 11) is 0. The van der Waals surface area contributed by atoms with E-state index < -0.39 is 0 Å². The fourth-order valence-electron chi connectivity index (χ4n) is 1.81. The van der Waals surface area contributed by atoms with Crippen LogP contribution in [0.15, 0.2) is 0 Å². The molecule has 2 rings (SSSR count). The average molecular weight is 202 g/mol. The van der Waals surface area contributed by atoms with Gasteiger partial charge in [-0.1, -0.05) is 0 Å². The number of hydrogen-bond acceptors (Lipinski definition) is 4. The van der Waals surface area contributed by atoms with E-state index in [1.165, 1.54) is 0 Å². The highest BCUT2D eigenvalue weighted by Crippen LogP contribution is 2.36. The first kappa shape index (κ1) is 9.15. The highest BCUT2D eigenvalue weighted by Gasteiger charge is 2.46. The fraction of sp³-hybridized carbons (Fsp3) is 0.875. The summed E-state index contributed by atoms with van der Waals surface area (Å²) >= 11 is 1.86. The maximum atomic E-state index is 11.4. The third kappa shape index (κ3) is 1.62. The monoisotopic (exact) mass is 202 g/mol. The number of hydrogen-bond donors (Lipinski definition) is 1. The zero-order valence-electron chi connectivity index (χ0n) is 7.49. The molecular formula is C8H14N2O2S. The molecule has 2 aliphatic heterocycles. The summed E-state index contributed by atoms with van der Waals surface area (Å²) in [5, 5.41) is 0. The van der Waals surface area contributed by atoms with Crippen LogP contribution in [0, 0.1) is 0 Å². The van der Waals surface area contributed by atoms with Crippen molar-refractivity contribution in [3.05, 3.63) is 0 Å². The van der Waals surface area contributed by atoms with Crippen molar-refractivity contribution in [1.82, 2.24) is 4.90 Å². The van der Waals surface area contributed by atoms with Gasteiger partial charge in [-0.25, -0.2) is 4.79 Å². The van der Waals surface area contributed by atoms with Crippen molar-refractivity contribution in [2.75, 3.05) is 31.1 Å². The van der Waals surface area contributed by atoms with Crippen LogP contribution in [-0.4, -0.2) is 47.7 Å². The molecule has 0 saturated carbocycles. The van der Waals surface area contributed by atoms with E-state index in [-0.39, 0.29) is 11.7 Å². The van der Waals surface area contributed by atoms with E-state index in [1.807, 2.05) is 11.8 Å². The summed E-state index contributed by atoms with van der Waals surface area (Å²) < 4.78 is 5.39. The first-order valence-electron chi connectivity index (χ1n) is 4.51. The number of nitrogens with zero attached hydrogens (tertiary/aromatic N) is 1. The predicted molar refractivity (Wildman–Crippen MR) is 51.8 cm³/mol. The summed E-state index contributed by atoms with van der Waals surface area (Å²) in [6, 6.07) is 0. The van der Waals surface area contributed by atoms with Crippen molar-refractivity contribution in [1.29, 1.82) is 0 Å². The van der Waals surface area contributed by atoms with Crippen molar-refractivity contribution < 1.29 is 9.53 Å². The Morgan fingerprint density at radius 2 is 2.54 bits per heavy atom. The SMILES string of the molecule is NCCN1CC2(CCSC2)OC1=O. The maximum absolute atomic E-state index is 11.4. The summed E-state index contributed by atoms with van der Waals surface area (Å²) in [4.78, 5) is 13.1. The molecule has 5 heteroatoms. The number of amides is 1. The highest BCUT2D eigenvalue weighted by atomic mass is 32.2. The number of nitrogens with two attached hydrogens (primary N) is 1. The van der Waals surface area contributed by atoms with Crippen molar-refractivity contribution in [2.24, 2.45) is 5.73 Å². The van der Waals surface area contributed by atoms with Crippen molar-refractivity contribution in [3.63, 3.8) is 0 Å². The molecule has 0 aliphatic carbocycles. The molecule has 1 atom stereocenters. The zero-order chi connectivity index (χ0) is 9.31. The molecule has 0 aromatic rings. The van der Waals surface area contributed by atoms with Crippen molar-refractivity contribution in [3.8, 4) is 0 Å². The minimum atomic E-state index is -0.187. The third-order valence-electron chi connectivity index (χ3n) is 2.51. The molecule has 2 saturated heterocycles. The van der Waals surface area contributed by atoms with Gasteiger partial charge in [0, 0.05) is 18.8 Å². The van der Waals surface area contributed by atoms with Gasteiger partial charge in [-0.2, -0.15) is 11.8 Å². The lowest BCUT2D eigenvalue weighted by Crippen LogP contribution is -2.36. The molecule has 4 nitrogen and oxygen atoms in total. The standard InChI is InChI=1S/C8H14N2O2S/c9-2-3-10-5-8(12-7(10)11)1-4-13-6-8/h1-6,9H2. The second kappa shape index (κ2) is 3.38. The quantitative estimate of drug-likeness (QED) is 0.698. The zero-order valence-corrected chi connectivity index (χ0v) is 8.31. The summed E-state index contributed by atoms with van der Waals surface area (Å²) in [5.41, 5.74) is 5.22. The van der Waals surface area contributed by atoms with Crippen LogP contribution in [0.3, 0.4) is 0 Å². The molecule has 0 aromatic carbocycles. The fourth-order valence-corrected chi connectivity index (χ4v) is 3.14. The Bertz CT molecular complexity index is 216. The Morgan fingerprint density at radius 3 is 3.15 bits per heavy atom. The number of rotatable bonds is 2. The molecule has 1 spiro atoms. The minimum Gasteiger partial charge on any atom is -0.440 e. The molecule has 2 heterocycles. The molecular weight excluding hydrogens is 188 g/mol. The largest absolute Gasteiger partial charge is 0.440 e. The molecule has 13 heavy (non-hydrogen) atoms. The number of thioether (sulfide) groups is 1. The molecule has 1 unspecified atom stereocenters. The van der Waals surface area contributed by atoms with Gasteiger partial charge in [0.05, 0.1) is 6.54 Å². The van der Waals surface area contributed by atoms with Crippen LogP contribution in [0.4, 0.5) is 4.79 Å². The summed E-state index contributed by atoms with van der Waals surface area (Å²) in [6.07, 6.45) is 0.803. The van der Waals surface area contributed by atoms with Crippen LogP contribution >= 0.6 is 11.8 Å². The Labute approximate surface area is 81.8 Å². The van der Waals surface area contributed by atoms with Gasteiger partial charge < -0.3 is 15.4 Å². The van der Waals surface area contributed by atoms with E-state index in [0.717, 1.165) is 24.5 Å². The number of ether oxygens (including phenoxy) is 1. The van der Waals surface area contributed by atoms with Crippen LogP contribution in [-0.2, 0) is 4.74 Å². The predicted octanol–water partition coefficient (Wildman–Crippen LogP) is 0.273. The Hall–Kier alpha value is -0.420. The molecule has 1 amide bonds. The number of carbonyl (C=O) groups excluding carboxylic acids is 1. The van der Waals surface area contributed by atoms with Gasteiger partial charge in [0.15, 0.2) is 0 Å². The van der Waals surface area contributed by atoms with Gasteiger partial charge in [-0.15, -0.1) is 0 Å². The molecule has 0 aromatic heterocycles.